The van der Waals surface area contributed by atoms with Crippen LogP contribution in [-0.4, -0.2) is 39.9 Å². The molecule has 1 unspecified atom stereocenters. The summed E-state index contributed by atoms with van der Waals surface area (Å²) in [6, 6.07) is 13.7. The van der Waals surface area contributed by atoms with Gasteiger partial charge in [-0.2, -0.15) is 0 Å². The van der Waals surface area contributed by atoms with E-state index in [-0.39, 0.29) is 32.6 Å². The molecule has 0 aliphatic heterocycles. The van der Waals surface area contributed by atoms with Crippen molar-refractivity contribution in [3.05, 3.63) is 82.2 Å². The lowest BCUT2D eigenvalue weighted by Gasteiger charge is -2.22. The number of likely N-dealkylation sites (N-methyl/N-ethyl adjacent to an activating group) is 1. The van der Waals surface area contributed by atoms with Gasteiger partial charge in [0.2, 0.25) is 0 Å². The first kappa shape index (κ1) is 23.1. The Morgan fingerprint density at radius 1 is 1.06 bits per heavy atom. The maximum Gasteiger partial charge on any atom is 0.261 e. The smallest absolute Gasteiger partial charge is 0.261 e. The third-order valence-electron chi connectivity index (χ3n) is 4.53. The lowest BCUT2D eigenvalue weighted by Crippen LogP contribution is -2.34. The fourth-order valence-corrected chi connectivity index (χ4v) is 4.33. The van der Waals surface area contributed by atoms with Gasteiger partial charge in [0.05, 0.1) is 27.2 Å². The number of rotatable bonds is 8. The van der Waals surface area contributed by atoms with Crippen molar-refractivity contribution < 1.29 is 17.6 Å². The Kier molecular flexibility index (Phi) is 7.27. The fraction of sp³-hybridized carbons (Fsp3) is 0.190. The second-order valence-electron chi connectivity index (χ2n) is 6.97. The van der Waals surface area contributed by atoms with Gasteiger partial charge in [-0.1, -0.05) is 29.3 Å². The van der Waals surface area contributed by atoms with Crippen LogP contribution < -0.4 is 10.0 Å². The molecular formula is C21H21Cl2N3O4S. The molecule has 0 fully saturated rings. The van der Waals surface area contributed by atoms with Crippen LogP contribution in [0.3, 0.4) is 0 Å². The zero-order valence-corrected chi connectivity index (χ0v) is 19.1. The Labute approximate surface area is 191 Å². The van der Waals surface area contributed by atoms with Gasteiger partial charge in [0, 0.05) is 17.8 Å². The van der Waals surface area contributed by atoms with Crippen molar-refractivity contribution in [2.75, 3.05) is 25.4 Å². The fourth-order valence-electron chi connectivity index (χ4n) is 2.89. The second kappa shape index (κ2) is 9.74. The van der Waals surface area contributed by atoms with Gasteiger partial charge in [-0.15, -0.1) is 0 Å². The zero-order chi connectivity index (χ0) is 22.6. The average molecular weight is 482 g/mol. The van der Waals surface area contributed by atoms with Gasteiger partial charge in [-0.3, -0.25) is 14.4 Å². The molecule has 0 saturated heterocycles. The molecule has 3 rings (SSSR count). The van der Waals surface area contributed by atoms with Gasteiger partial charge in [0.1, 0.15) is 5.76 Å². The minimum Gasteiger partial charge on any atom is -0.468 e. The van der Waals surface area contributed by atoms with Crippen molar-refractivity contribution in [3.63, 3.8) is 0 Å². The number of nitrogens with zero attached hydrogens (tertiary/aromatic N) is 1. The van der Waals surface area contributed by atoms with Gasteiger partial charge in [-0.25, -0.2) is 8.42 Å². The minimum atomic E-state index is -3.91. The van der Waals surface area contributed by atoms with Crippen molar-refractivity contribution >= 4 is 44.8 Å². The molecule has 1 atom stereocenters. The molecule has 164 valence electrons. The van der Waals surface area contributed by atoms with E-state index in [0.29, 0.717) is 12.1 Å². The lowest BCUT2D eigenvalue weighted by atomic mass is 10.1. The Balaban J connectivity index is 1.72. The van der Waals surface area contributed by atoms with E-state index in [1.165, 1.54) is 24.3 Å². The summed E-state index contributed by atoms with van der Waals surface area (Å²) in [7, 11) is -0.132. The number of furan rings is 1. The maximum atomic E-state index is 12.6. The van der Waals surface area contributed by atoms with Crippen LogP contribution in [0.15, 0.2) is 70.2 Å². The first-order chi connectivity index (χ1) is 14.7. The number of anilines is 1. The molecule has 10 heteroatoms. The van der Waals surface area contributed by atoms with Crippen molar-refractivity contribution in [2.24, 2.45) is 0 Å². The summed E-state index contributed by atoms with van der Waals surface area (Å²) in [5.74, 6) is 0.391. The number of hydrogen-bond acceptors (Lipinski definition) is 5. The molecule has 2 aromatic carbocycles. The Morgan fingerprint density at radius 3 is 2.48 bits per heavy atom. The van der Waals surface area contributed by atoms with Gasteiger partial charge >= 0.3 is 0 Å². The summed E-state index contributed by atoms with van der Waals surface area (Å²) in [5, 5.41) is 3.24. The van der Waals surface area contributed by atoms with E-state index in [4.69, 9.17) is 27.6 Å². The second-order valence-corrected chi connectivity index (χ2v) is 9.46. The number of amides is 1. The third-order valence-corrected chi connectivity index (χ3v) is 6.65. The molecule has 31 heavy (non-hydrogen) atoms. The number of halogens is 2. The molecular weight excluding hydrogens is 461 g/mol. The number of sulfonamides is 1. The van der Waals surface area contributed by atoms with Crippen LogP contribution in [0, 0.1) is 0 Å². The molecule has 0 spiro atoms. The SMILES string of the molecule is CN(C)C(CNC(=O)c1cccc(NS(=O)(=O)c2ccc(Cl)c(Cl)c2)c1)c1ccco1. The molecule has 2 N–H and O–H groups in total. The van der Waals surface area contributed by atoms with Crippen LogP contribution >= 0.6 is 23.2 Å². The van der Waals surface area contributed by atoms with Crippen LogP contribution in [0.2, 0.25) is 10.0 Å². The molecule has 3 aromatic rings. The highest BCUT2D eigenvalue weighted by Crippen LogP contribution is 2.26. The van der Waals surface area contributed by atoms with Crippen LogP contribution in [0.1, 0.15) is 22.2 Å². The molecule has 0 bridgehead atoms. The minimum absolute atomic E-state index is 0.0379. The summed E-state index contributed by atoms with van der Waals surface area (Å²) in [6.07, 6.45) is 1.58. The highest BCUT2D eigenvalue weighted by Gasteiger charge is 2.19. The monoisotopic (exact) mass is 481 g/mol. The van der Waals surface area contributed by atoms with E-state index in [2.05, 4.69) is 10.0 Å². The highest BCUT2D eigenvalue weighted by molar-refractivity contribution is 7.92. The van der Waals surface area contributed by atoms with Gasteiger partial charge < -0.3 is 9.73 Å². The standard InChI is InChI=1S/C21H21Cl2N3O4S/c1-26(2)19(20-7-4-10-30-20)13-24-21(27)14-5-3-6-15(11-14)25-31(28,29)16-8-9-17(22)18(23)12-16/h3-12,19,25H,13H2,1-2H3,(H,24,27). The highest BCUT2D eigenvalue weighted by atomic mass is 35.5. The van der Waals surface area contributed by atoms with E-state index in [9.17, 15) is 13.2 Å². The van der Waals surface area contributed by atoms with Crippen LogP contribution in [-0.2, 0) is 10.0 Å². The summed E-state index contributed by atoms with van der Waals surface area (Å²) in [4.78, 5) is 14.5. The predicted molar refractivity (Wildman–Crippen MR) is 121 cm³/mol. The average Bonchev–Trinajstić information content (AvgIpc) is 3.24. The Bertz CT molecular complexity index is 1170. The normalized spacial score (nSPS) is 12.5. The molecule has 1 aromatic heterocycles. The van der Waals surface area contributed by atoms with Crippen LogP contribution in [0.5, 0.6) is 0 Å². The van der Waals surface area contributed by atoms with Gasteiger partial charge in [0.25, 0.3) is 15.9 Å². The number of carbonyl (C=O) groups is 1. The molecule has 0 aliphatic carbocycles. The summed E-state index contributed by atoms with van der Waals surface area (Å²) in [6.45, 7) is 0.318. The van der Waals surface area contributed by atoms with E-state index in [1.807, 2.05) is 25.1 Å². The van der Waals surface area contributed by atoms with E-state index in [0.717, 1.165) is 5.76 Å². The van der Waals surface area contributed by atoms with Gasteiger partial charge in [-0.05, 0) is 62.6 Å². The third kappa shape index (κ3) is 5.80. The summed E-state index contributed by atoms with van der Waals surface area (Å²) >= 11 is 11.8. The zero-order valence-electron chi connectivity index (χ0n) is 16.8. The molecule has 0 saturated carbocycles. The quantitative estimate of drug-likeness (QED) is 0.496. The number of nitrogens with one attached hydrogen (secondary N) is 2. The lowest BCUT2D eigenvalue weighted by molar-refractivity contribution is 0.0939. The summed E-state index contributed by atoms with van der Waals surface area (Å²) < 4.78 is 33.2. The number of benzene rings is 2. The van der Waals surface area contributed by atoms with E-state index >= 15 is 0 Å². The Morgan fingerprint density at radius 2 is 1.84 bits per heavy atom. The first-order valence-electron chi connectivity index (χ1n) is 9.23. The summed E-state index contributed by atoms with van der Waals surface area (Å²) in [5.41, 5.74) is 0.556. The van der Waals surface area contributed by atoms with Gasteiger partial charge in [0.15, 0.2) is 0 Å². The molecule has 1 heterocycles. The van der Waals surface area contributed by atoms with Crippen molar-refractivity contribution in [1.29, 1.82) is 0 Å². The topological polar surface area (TPSA) is 91.7 Å². The first-order valence-corrected chi connectivity index (χ1v) is 11.5. The molecule has 7 nitrogen and oxygen atoms in total. The largest absolute Gasteiger partial charge is 0.468 e. The van der Waals surface area contributed by atoms with Crippen molar-refractivity contribution in [2.45, 2.75) is 10.9 Å². The van der Waals surface area contributed by atoms with Crippen molar-refractivity contribution in [3.8, 4) is 0 Å². The molecule has 1 amide bonds. The van der Waals surface area contributed by atoms with Crippen LogP contribution in [0.4, 0.5) is 5.69 Å². The number of hydrogen-bond donors (Lipinski definition) is 2. The Hall–Kier alpha value is -2.52. The molecule has 0 aliphatic rings. The molecule has 0 radical (unpaired) electrons. The van der Waals surface area contributed by atoms with E-state index in [1.54, 1.807) is 30.5 Å². The van der Waals surface area contributed by atoms with E-state index < -0.39 is 10.0 Å². The number of carbonyl (C=O) groups excluding carboxylic acids is 1. The van der Waals surface area contributed by atoms with Crippen molar-refractivity contribution in [1.82, 2.24) is 10.2 Å². The predicted octanol–water partition coefficient (Wildman–Crippen LogP) is 4.42. The van der Waals surface area contributed by atoms with Crippen LogP contribution in [0.25, 0.3) is 0 Å². The maximum absolute atomic E-state index is 12.6.